The lowest BCUT2D eigenvalue weighted by molar-refractivity contribution is 0.613. The summed E-state index contributed by atoms with van der Waals surface area (Å²) >= 11 is 0. The van der Waals surface area contributed by atoms with Gasteiger partial charge in [-0.05, 0) is 25.5 Å². The van der Waals surface area contributed by atoms with Crippen LogP contribution in [0.2, 0.25) is 0 Å². The molecule has 1 heterocycles. The van der Waals surface area contributed by atoms with Crippen molar-refractivity contribution in [3.05, 3.63) is 24.0 Å². The molecule has 1 unspecified atom stereocenters. The maximum atomic E-state index is 5.67. The van der Waals surface area contributed by atoms with Crippen LogP contribution >= 0.6 is 0 Å². The highest BCUT2D eigenvalue weighted by atomic mass is 15.1. The molecule has 2 N–H and O–H groups in total. The number of hydrogen-bond donors (Lipinski definition) is 1. The highest BCUT2D eigenvalue weighted by Crippen LogP contribution is 2.20. The fourth-order valence-electron chi connectivity index (χ4n) is 1.76. The molecule has 1 rings (SSSR count). The molecule has 0 amide bonds. The van der Waals surface area contributed by atoms with Gasteiger partial charge in [-0.25, -0.2) is 0 Å². The van der Waals surface area contributed by atoms with Gasteiger partial charge in [0.15, 0.2) is 0 Å². The summed E-state index contributed by atoms with van der Waals surface area (Å²) in [5, 5.41) is 0. The van der Waals surface area contributed by atoms with Crippen LogP contribution in [0.25, 0.3) is 0 Å². The number of hydrogen-bond acceptors (Lipinski definition) is 3. The SMILES string of the molecule is CCCC(C)N(C)c1cccnc1CN. The maximum Gasteiger partial charge on any atom is 0.0772 e. The first-order valence-electron chi connectivity index (χ1n) is 5.57. The molecule has 0 aromatic carbocycles. The molecule has 84 valence electrons. The number of nitrogens with zero attached hydrogens (tertiary/aromatic N) is 2. The van der Waals surface area contributed by atoms with Gasteiger partial charge in [0.25, 0.3) is 0 Å². The van der Waals surface area contributed by atoms with Gasteiger partial charge in [0.1, 0.15) is 0 Å². The molecule has 0 aliphatic heterocycles. The molecule has 0 bridgehead atoms. The Bertz CT molecular complexity index is 299. The van der Waals surface area contributed by atoms with E-state index in [1.54, 1.807) is 6.20 Å². The Kier molecular flexibility index (Phi) is 4.56. The summed E-state index contributed by atoms with van der Waals surface area (Å²) in [5.41, 5.74) is 7.80. The first-order chi connectivity index (χ1) is 7.20. The van der Waals surface area contributed by atoms with Crippen molar-refractivity contribution in [1.82, 2.24) is 4.98 Å². The van der Waals surface area contributed by atoms with E-state index in [9.17, 15) is 0 Å². The first kappa shape index (κ1) is 12.0. The number of aromatic nitrogens is 1. The summed E-state index contributed by atoms with van der Waals surface area (Å²) in [6.45, 7) is 4.94. The molecule has 0 saturated heterocycles. The van der Waals surface area contributed by atoms with Crippen molar-refractivity contribution in [3.63, 3.8) is 0 Å². The largest absolute Gasteiger partial charge is 0.370 e. The predicted octanol–water partition coefficient (Wildman–Crippen LogP) is 2.17. The minimum atomic E-state index is 0.499. The fourth-order valence-corrected chi connectivity index (χ4v) is 1.76. The van der Waals surface area contributed by atoms with Crippen molar-refractivity contribution in [3.8, 4) is 0 Å². The van der Waals surface area contributed by atoms with Crippen molar-refractivity contribution in [2.24, 2.45) is 5.73 Å². The van der Waals surface area contributed by atoms with Gasteiger partial charge in [-0.3, -0.25) is 4.98 Å². The van der Waals surface area contributed by atoms with Gasteiger partial charge in [0, 0.05) is 25.8 Å². The van der Waals surface area contributed by atoms with Crippen molar-refractivity contribution < 1.29 is 0 Å². The van der Waals surface area contributed by atoms with Crippen LogP contribution < -0.4 is 10.6 Å². The lowest BCUT2D eigenvalue weighted by atomic mass is 10.1. The number of anilines is 1. The highest BCUT2D eigenvalue weighted by molar-refractivity contribution is 5.50. The molecule has 3 nitrogen and oxygen atoms in total. The molecule has 0 spiro atoms. The highest BCUT2D eigenvalue weighted by Gasteiger charge is 2.12. The van der Waals surface area contributed by atoms with Gasteiger partial charge in [0.2, 0.25) is 0 Å². The van der Waals surface area contributed by atoms with Crippen LogP contribution in [0.1, 0.15) is 32.4 Å². The Morgan fingerprint density at radius 2 is 2.27 bits per heavy atom. The van der Waals surface area contributed by atoms with E-state index in [0.717, 1.165) is 11.4 Å². The van der Waals surface area contributed by atoms with Gasteiger partial charge in [-0.15, -0.1) is 0 Å². The van der Waals surface area contributed by atoms with E-state index in [-0.39, 0.29) is 0 Å². The lowest BCUT2D eigenvalue weighted by Crippen LogP contribution is -2.30. The zero-order valence-corrected chi connectivity index (χ0v) is 9.90. The van der Waals surface area contributed by atoms with Crippen LogP contribution in [0, 0.1) is 0 Å². The topological polar surface area (TPSA) is 42.2 Å². The number of pyridine rings is 1. The third-order valence-electron chi connectivity index (χ3n) is 2.81. The second-order valence-electron chi connectivity index (χ2n) is 3.92. The van der Waals surface area contributed by atoms with E-state index < -0.39 is 0 Å². The van der Waals surface area contributed by atoms with E-state index in [2.05, 4.69) is 36.8 Å². The van der Waals surface area contributed by atoms with E-state index >= 15 is 0 Å². The number of nitrogens with two attached hydrogens (primary N) is 1. The molecule has 0 radical (unpaired) electrons. The fraction of sp³-hybridized carbons (Fsp3) is 0.583. The molecule has 3 heteroatoms. The lowest BCUT2D eigenvalue weighted by Gasteiger charge is -2.28. The Hall–Kier alpha value is -1.09. The van der Waals surface area contributed by atoms with Crippen molar-refractivity contribution in [2.75, 3.05) is 11.9 Å². The second-order valence-corrected chi connectivity index (χ2v) is 3.92. The Balaban J connectivity index is 2.84. The summed E-state index contributed by atoms with van der Waals surface area (Å²) in [5.74, 6) is 0. The van der Waals surface area contributed by atoms with E-state index in [0.29, 0.717) is 12.6 Å². The Morgan fingerprint density at radius 1 is 1.53 bits per heavy atom. The van der Waals surface area contributed by atoms with E-state index in [1.807, 2.05) is 6.07 Å². The van der Waals surface area contributed by atoms with Crippen LogP contribution in [-0.4, -0.2) is 18.1 Å². The molecule has 0 aliphatic carbocycles. The predicted molar refractivity (Wildman–Crippen MR) is 64.9 cm³/mol. The van der Waals surface area contributed by atoms with Crippen LogP contribution in [-0.2, 0) is 6.54 Å². The second kappa shape index (κ2) is 5.71. The van der Waals surface area contributed by atoms with Gasteiger partial charge in [0.05, 0.1) is 11.4 Å². The van der Waals surface area contributed by atoms with Gasteiger partial charge in [-0.2, -0.15) is 0 Å². The third-order valence-corrected chi connectivity index (χ3v) is 2.81. The van der Waals surface area contributed by atoms with E-state index in [1.165, 1.54) is 12.8 Å². The minimum Gasteiger partial charge on any atom is -0.370 e. The quantitative estimate of drug-likeness (QED) is 0.804. The van der Waals surface area contributed by atoms with Crippen molar-refractivity contribution in [1.29, 1.82) is 0 Å². The van der Waals surface area contributed by atoms with Crippen LogP contribution in [0.5, 0.6) is 0 Å². The Labute approximate surface area is 92.3 Å². The molecule has 1 atom stereocenters. The molecule has 0 fully saturated rings. The number of rotatable bonds is 5. The molecule has 0 aliphatic rings. The van der Waals surface area contributed by atoms with E-state index in [4.69, 9.17) is 5.73 Å². The maximum absolute atomic E-state index is 5.67. The standard InChI is InChI=1S/C12H21N3/c1-4-6-10(2)15(3)12-7-5-8-14-11(12)9-13/h5,7-8,10H,4,6,9,13H2,1-3H3. The van der Waals surface area contributed by atoms with Crippen molar-refractivity contribution in [2.45, 2.75) is 39.3 Å². The van der Waals surface area contributed by atoms with Crippen molar-refractivity contribution >= 4 is 5.69 Å². The average molecular weight is 207 g/mol. The molecular formula is C12H21N3. The minimum absolute atomic E-state index is 0.499. The van der Waals surface area contributed by atoms with Gasteiger partial charge < -0.3 is 10.6 Å². The van der Waals surface area contributed by atoms with Gasteiger partial charge in [-0.1, -0.05) is 13.3 Å². The Morgan fingerprint density at radius 3 is 2.87 bits per heavy atom. The smallest absolute Gasteiger partial charge is 0.0772 e. The molecular weight excluding hydrogens is 186 g/mol. The van der Waals surface area contributed by atoms with Gasteiger partial charge >= 0.3 is 0 Å². The zero-order valence-electron chi connectivity index (χ0n) is 9.90. The van der Waals surface area contributed by atoms with Crippen LogP contribution in [0.15, 0.2) is 18.3 Å². The monoisotopic (exact) mass is 207 g/mol. The summed E-state index contributed by atoms with van der Waals surface area (Å²) in [6, 6.07) is 4.58. The zero-order chi connectivity index (χ0) is 11.3. The molecule has 0 saturated carbocycles. The first-order valence-corrected chi connectivity index (χ1v) is 5.57. The molecule has 15 heavy (non-hydrogen) atoms. The summed E-state index contributed by atoms with van der Waals surface area (Å²) < 4.78 is 0. The average Bonchev–Trinajstić information content (AvgIpc) is 2.28. The third kappa shape index (κ3) is 2.93. The molecule has 1 aromatic heterocycles. The summed E-state index contributed by atoms with van der Waals surface area (Å²) in [6.07, 6.45) is 4.18. The van der Waals surface area contributed by atoms with Crippen LogP contribution in [0.3, 0.4) is 0 Å². The summed E-state index contributed by atoms with van der Waals surface area (Å²) in [4.78, 5) is 6.56. The molecule has 1 aromatic rings. The van der Waals surface area contributed by atoms with Crippen LogP contribution in [0.4, 0.5) is 5.69 Å². The summed E-state index contributed by atoms with van der Waals surface area (Å²) in [7, 11) is 2.11. The normalized spacial score (nSPS) is 12.5.